The Morgan fingerprint density at radius 3 is 1.64 bits per heavy atom. The predicted octanol–water partition coefficient (Wildman–Crippen LogP) is 13.8. The number of carbonyl (C=O) groups excluding carboxylic acids is 3. The van der Waals surface area contributed by atoms with Gasteiger partial charge in [-0.3, -0.25) is 9.59 Å². The summed E-state index contributed by atoms with van der Waals surface area (Å²) in [5.41, 5.74) is 0. The van der Waals surface area contributed by atoms with Crippen LogP contribution in [0.25, 0.3) is 0 Å². The van der Waals surface area contributed by atoms with Crippen LogP contribution in [0.4, 0.5) is 4.79 Å². The van der Waals surface area contributed by atoms with E-state index in [1.807, 2.05) is 20.2 Å². The highest BCUT2D eigenvalue weighted by Gasteiger charge is 2.16. The van der Waals surface area contributed by atoms with Crippen molar-refractivity contribution >= 4 is 29.3 Å². The summed E-state index contributed by atoms with van der Waals surface area (Å²) in [4.78, 5) is 41.4. The van der Waals surface area contributed by atoms with Crippen molar-refractivity contribution in [2.75, 3.05) is 52.7 Å². The SMILES string of the molecule is CCCCCC/C=C\COC(=O)CCCCCCCN(CCCCCCC(C=O)COC(CCCCCCCC)CCCCCCCC)C(=O)SCCN(C)C. The largest absolute Gasteiger partial charge is 0.461 e. The minimum atomic E-state index is -0.103. The molecule has 0 aromatic rings. The smallest absolute Gasteiger partial charge is 0.306 e. The van der Waals surface area contributed by atoms with E-state index in [4.69, 9.17) is 9.47 Å². The van der Waals surface area contributed by atoms with E-state index in [1.54, 1.807) is 0 Å². The molecule has 0 aliphatic rings. The van der Waals surface area contributed by atoms with Crippen LogP contribution in [0.5, 0.6) is 0 Å². The molecule has 0 N–H and O–H groups in total. The average Bonchev–Trinajstić information content (AvgIpc) is 3.18. The van der Waals surface area contributed by atoms with E-state index in [0.717, 1.165) is 115 Å². The zero-order valence-electron chi connectivity index (χ0n) is 37.7. The Morgan fingerprint density at radius 2 is 1.09 bits per heavy atom. The van der Waals surface area contributed by atoms with Gasteiger partial charge in [0.15, 0.2) is 0 Å². The van der Waals surface area contributed by atoms with Gasteiger partial charge in [0.1, 0.15) is 12.9 Å². The van der Waals surface area contributed by atoms with Crippen molar-refractivity contribution in [3.05, 3.63) is 12.2 Å². The number of thioether (sulfide) groups is 1. The highest BCUT2D eigenvalue weighted by atomic mass is 32.2. The van der Waals surface area contributed by atoms with Gasteiger partial charge in [-0.25, -0.2) is 0 Å². The third kappa shape index (κ3) is 38.2. The molecule has 1 atom stereocenters. The van der Waals surface area contributed by atoms with E-state index in [9.17, 15) is 14.4 Å². The van der Waals surface area contributed by atoms with Crippen molar-refractivity contribution in [2.24, 2.45) is 5.92 Å². The Labute approximate surface area is 352 Å². The van der Waals surface area contributed by atoms with Crippen molar-refractivity contribution < 1.29 is 23.9 Å². The number of carbonyl (C=O) groups is 3. The molecule has 1 amide bonds. The normalized spacial score (nSPS) is 12.3. The van der Waals surface area contributed by atoms with Gasteiger partial charge in [-0.2, -0.15) is 0 Å². The lowest BCUT2D eigenvalue weighted by molar-refractivity contribution is -0.142. The quantitative estimate of drug-likeness (QED) is 0.0263. The number of amides is 1. The molecule has 7 nitrogen and oxygen atoms in total. The van der Waals surface area contributed by atoms with E-state index in [1.165, 1.54) is 114 Å². The Kier molecular flexibility index (Phi) is 42.1. The van der Waals surface area contributed by atoms with Crippen molar-refractivity contribution in [1.82, 2.24) is 9.80 Å². The topological polar surface area (TPSA) is 76.1 Å². The molecule has 0 fully saturated rings. The molecule has 0 bridgehead atoms. The first-order valence-electron chi connectivity index (χ1n) is 23.8. The lowest BCUT2D eigenvalue weighted by atomic mass is 10.0. The second-order valence-corrected chi connectivity index (χ2v) is 17.6. The number of allylic oxidation sites excluding steroid dienone is 1. The van der Waals surface area contributed by atoms with Gasteiger partial charge in [-0.05, 0) is 65.5 Å². The Balaban J connectivity index is 4.48. The minimum absolute atomic E-state index is 0.0181. The van der Waals surface area contributed by atoms with Gasteiger partial charge < -0.3 is 24.1 Å². The second-order valence-electron chi connectivity index (χ2n) is 16.6. The summed E-state index contributed by atoms with van der Waals surface area (Å²) in [7, 11) is 4.09. The summed E-state index contributed by atoms with van der Waals surface area (Å²) in [6.45, 7) is 10.2. The van der Waals surface area contributed by atoms with Crippen LogP contribution >= 0.6 is 11.8 Å². The average molecular weight is 809 g/mol. The molecular formula is C48H92N2O5S. The van der Waals surface area contributed by atoms with Crippen LogP contribution in [-0.2, 0) is 19.1 Å². The molecule has 0 aliphatic heterocycles. The van der Waals surface area contributed by atoms with Gasteiger partial charge in [0.05, 0.1) is 12.7 Å². The van der Waals surface area contributed by atoms with E-state index >= 15 is 0 Å². The fourth-order valence-corrected chi connectivity index (χ4v) is 8.02. The van der Waals surface area contributed by atoms with Crippen LogP contribution in [0.2, 0.25) is 0 Å². The number of rotatable bonds is 43. The van der Waals surface area contributed by atoms with Gasteiger partial charge in [-0.1, -0.05) is 180 Å². The molecule has 0 spiro atoms. The molecule has 0 aromatic carbocycles. The molecule has 0 radical (unpaired) electrons. The minimum Gasteiger partial charge on any atom is -0.461 e. The molecule has 330 valence electrons. The van der Waals surface area contributed by atoms with E-state index in [2.05, 4.69) is 36.6 Å². The first kappa shape index (κ1) is 54.6. The maximum atomic E-state index is 13.1. The van der Waals surface area contributed by atoms with Crippen LogP contribution in [0, 0.1) is 5.92 Å². The zero-order valence-corrected chi connectivity index (χ0v) is 38.5. The summed E-state index contributed by atoms with van der Waals surface area (Å²) in [6.07, 6.45) is 40.1. The summed E-state index contributed by atoms with van der Waals surface area (Å²) < 4.78 is 11.8. The predicted molar refractivity (Wildman–Crippen MR) is 243 cm³/mol. The third-order valence-electron chi connectivity index (χ3n) is 10.8. The highest BCUT2D eigenvalue weighted by Crippen LogP contribution is 2.20. The lowest BCUT2D eigenvalue weighted by Crippen LogP contribution is -2.30. The van der Waals surface area contributed by atoms with E-state index in [0.29, 0.717) is 25.7 Å². The van der Waals surface area contributed by atoms with Gasteiger partial charge in [0.25, 0.3) is 5.24 Å². The molecule has 0 heterocycles. The molecule has 0 saturated carbocycles. The lowest BCUT2D eigenvalue weighted by Gasteiger charge is -2.23. The number of nitrogens with zero attached hydrogens (tertiary/aromatic N) is 2. The number of ether oxygens (including phenoxy) is 2. The van der Waals surface area contributed by atoms with Crippen molar-refractivity contribution in [3.63, 3.8) is 0 Å². The van der Waals surface area contributed by atoms with Crippen LogP contribution in [0.3, 0.4) is 0 Å². The maximum absolute atomic E-state index is 13.1. The maximum Gasteiger partial charge on any atom is 0.306 e. The fourth-order valence-electron chi connectivity index (χ4n) is 7.02. The van der Waals surface area contributed by atoms with Crippen molar-refractivity contribution in [3.8, 4) is 0 Å². The monoisotopic (exact) mass is 809 g/mol. The number of unbranched alkanes of at least 4 members (excludes halogenated alkanes) is 21. The number of esters is 1. The second kappa shape index (κ2) is 43.2. The van der Waals surface area contributed by atoms with Crippen LogP contribution in [0.15, 0.2) is 12.2 Å². The molecule has 1 unspecified atom stereocenters. The fraction of sp³-hybridized carbons (Fsp3) is 0.896. The molecular weight excluding hydrogens is 717 g/mol. The van der Waals surface area contributed by atoms with Gasteiger partial charge >= 0.3 is 5.97 Å². The molecule has 0 saturated heterocycles. The van der Waals surface area contributed by atoms with Crippen LogP contribution in [-0.4, -0.2) is 86.1 Å². The Bertz CT molecular complexity index is 885. The van der Waals surface area contributed by atoms with Crippen LogP contribution in [0.1, 0.15) is 213 Å². The molecule has 0 rings (SSSR count). The number of hydrogen-bond acceptors (Lipinski definition) is 7. The molecule has 56 heavy (non-hydrogen) atoms. The number of aldehydes is 1. The Morgan fingerprint density at radius 1 is 0.589 bits per heavy atom. The van der Waals surface area contributed by atoms with Gasteiger partial charge in [0, 0.05) is 37.7 Å². The standard InChI is InChI=1S/C48H92N2O5S/c1-6-9-12-15-18-26-33-41-54-47(52)37-30-22-19-24-31-38-50(48(53)56-42-40-49(4)5)39-32-25-23-27-34-45(43-51)44-55-46(35-28-20-16-13-10-7-2)36-29-21-17-14-11-8-3/h26,33,43,45-46H,6-25,27-32,34-42,44H2,1-5H3/b33-26-. The zero-order chi connectivity index (χ0) is 41.2. The van der Waals surface area contributed by atoms with Gasteiger partial charge in [0.2, 0.25) is 0 Å². The van der Waals surface area contributed by atoms with Crippen LogP contribution < -0.4 is 0 Å². The summed E-state index contributed by atoms with van der Waals surface area (Å²) >= 11 is 1.44. The summed E-state index contributed by atoms with van der Waals surface area (Å²) in [6, 6.07) is 0. The summed E-state index contributed by atoms with van der Waals surface area (Å²) in [5.74, 6) is 0.685. The molecule has 8 heteroatoms. The highest BCUT2D eigenvalue weighted by molar-refractivity contribution is 8.13. The van der Waals surface area contributed by atoms with Crippen molar-refractivity contribution in [2.45, 2.75) is 219 Å². The first-order chi connectivity index (χ1) is 27.4. The van der Waals surface area contributed by atoms with E-state index in [-0.39, 0.29) is 17.1 Å². The molecule has 0 aliphatic carbocycles. The number of hydrogen-bond donors (Lipinski definition) is 0. The summed E-state index contributed by atoms with van der Waals surface area (Å²) in [5, 5.41) is 0.194. The Hall–Kier alpha value is -1.38. The molecule has 0 aromatic heterocycles. The van der Waals surface area contributed by atoms with Crippen molar-refractivity contribution in [1.29, 1.82) is 0 Å². The van der Waals surface area contributed by atoms with E-state index < -0.39 is 0 Å². The first-order valence-corrected chi connectivity index (χ1v) is 24.8. The van der Waals surface area contributed by atoms with Gasteiger partial charge in [-0.15, -0.1) is 0 Å². The third-order valence-corrected chi connectivity index (χ3v) is 11.7.